The predicted molar refractivity (Wildman–Crippen MR) is 83.8 cm³/mol. The Morgan fingerprint density at radius 2 is 1.82 bits per heavy atom. The lowest BCUT2D eigenvalue weighted by Gasteiger charge is -2.17. The van der Waals surface area contributed by atoms with Gasteiger partial charge in [-0.25, -0.2) is 0 Å². The highest BCUT2D eigenvalue weighted by atomic mass is 16.5. The van der Waals surface area contributed by atoms with E-state index in [-0.39, 0.29) is 50.0 Å². The van der Waals surface area contributed by atoms with Crippen molar-refractivity contribution in [2.45, 2.75) is 33.3 Å². The molecule has 0 saturated heterocycles. The van der Waals surface area contributed by atoms with Gasteiger partial charge in [0, 0.05) is 13.0 Å². The van der Waals surface area contributed by atoms with Crippen LogP contribution in [0, 0.1) is 11.8 Å². The molecular weight excluding hydrogens is 282 g/mol. The smallest absolute Gasteiger partial charge is 0.310 e. The molecule has 0 heterocycles. The molecule has 1 rings (SSSR count). The van der Waals surface area contributed by atoms with Gasteiger partial charge in [-0.3, -0.25) is 9.59 Å². The van der Waals surface area contributed by atoms with Crippen LogP contribution >= 0.6 is 0 Å². The summed E-state index contributed by atoms with van der Waals surface area (Å²) in [7, 11) is 0. The van der Waals surface area contributed by atoms with E-state index in [0.717, 1.165) is 5.56 Å². The van der Waals surface area contributed by atoms with Crippen LogP contribution in [0.25, 0.3) is 0 Å². The molecule has 0 aliphatic carbocycles. The topological polar surface area (TPSA) is 78.6 Å². The summed E-state index contributed by atoms with van der Waals surface area (Å²) in [5.41, 5.74) is 6.50. The molecule has 2 N–H and O–H groups in total. The summed E-state index contributed by atoms with van der Waals surface area (Å²) >= 11 is 0. The molecule has 1 aromatic carbocycles. The molecule has 0 aromatic heterocycles. The van der Waals surface area contributed by atoms with Crippen molar-refractivity contribution in [3.63, 3.8) is 0 Å². The van der Waals surface area contributed by atoms with Crippen molar-refractivity contribution in [3.8, 4) is 0 Å². The molecule has 0 bridgehead atoms. The molecule has 5 nitrogen and oxygen atoms in total. The first kappa shape index (κ1) is 18.2. The van der Waals surface area contributed by atoms with Crippen molar-refractivity contribution in [1.82, 2.24) is 0 Å². The average molecular weight is 307 g/mol. The maximum atomic E-state index is 11.8. The third-order valence-corrected chi connectivity index (χ3v) is 3.37. The van der Waals surface area contributed by atoms with E-state index in [4.69, 9.17) is 15.2 Å². The van der Waals surface area contributed by atoms with Crippen LogP contribution in [-0.4, -0.2) is 25.1 Å². The second kappa shape index (κ2) is 9.95. The Kier molecular flexibility index (Phi) is 8.22. The largest absolute Gasteiger partial charge is 0.465 e. The third-order valence-electron chi connectivity index (χ3n) is 3.37. The minimum atomic E-state index is -0.296. The number of benzene rings is 1. The van der Waals surface area contributed by atoms with Gasteiger partial charge in [0.1, 0.15) is 6.61 Å². The zero-order valence-corrected chi connectivity index (χ0v) is 13.3. The van der Waals surface area contributed by atoms with E-state index in [1.807, 2.05) is 44.2 Å². The molecule has 0 amide bonds. The van der Waals surface area contributed by atoms with Crippen molar-refractivity contribution in [2.24, 2.45) is 17.6 Å². The van der Waals surface area contributed by atoms with Crippen LogP contribution in [0.4, 0.5) is 0 Å². The molecule has 5 heteroatoms. The third kappa shape index (κ3) is 6.72. The molecule has 0 saturated carbocycles. The molecular formula is C17H25NO4. The maximum absolute atomic E-state index is 11.8. The van der Waals surface area contributed by atoms with Crippen molar-refractivity contribution >= 4 is 11.9 Å². The van der Waals surface area contributed by atoms with E-state index in [2.05, 4.69) is 0 Å². The fourth-order valence-corrected chi connectivity index (χ4v) is 1.95. The zero-order valence-electron chi connectivity index (χ0n) is 13.3. The molecule has 0 fully saturated rings. The van der Waals surface area contributed by atoms with Crippen LogP contribution in [0.3, 0.4) is 0 Å². The van der Waals surface area contributed by atoms with E-state index >= 15 is 0 Å². The van der Waals surface area contributed by atoms with Crippen molar-refractivity contribution < 1.29 is 19.1 Å². The minimum Gasteiger partial charge on any atom is -0.465 e. The molecule has 0 radical (unpaired) electrons. The standard InChI is InChI=1S/C17H25NO4/c1-13(2)15(11-18)17(20)21-10-6-9-16(19)22-12-14-7-4-3-5-8-14/h3-5,7-8,13,15H,6,9-12,18H2,1-2H3/t15-/m0/s1. The Hall–Kier alpha value is -1.88. The Morgan fingerprint density at radius 1 is 1.14 bits per heavy atom. The lowest BCUT2D eigenvalue weighted by Crippen LogP contribution is -2.30. The molecule has 122 valence electrons. The fourth-order valence-electron chi connectivity index (χ4n) is 1.95. The SMILES string of the molecule is CC(C)[C@H](CN)C(=O)OCCCC(=O)OCc1ccccc1. The van der Waals surface area contributed by atoms with Gasteiger partial charge >= 0.3 is 11.9 Å². The fraction of sp³-hybridized carbons (Fsp3) is 0.529. The highest BCUT2D eigenvalue weighted by Gasteiger charge is 2.21. The summed E-state index contributed by atoms with van der Waals surface area (Å²) < 4.78 is 10.3. The second-order valence-corrected chi connectivity index (χ2v) is 5.50. The molecule has 0 aliphatic rings. The van der Waals surface area contributed by atoms with Crippen LogP contribution in [0.5, 0.6) is 0 Å². The quantitative estimate of drug-likeness (QED) is 0.559. The number of esters is 2. The number of hydrogen-bond donors (Lipinski definition) is 1. The highest BCUT2D eigenvalue weighted by Crippen LogP contribution is 2.11. The monoisotopic (exact) mass is 307 g/mol. The summed E-state index contributed by atoms with van der Waals surface area (Å²) in [6.07, 6.45) is 0.684. The predicted octanol–water partition coefficient (Wildman–Crippen LogP) is 2.28. The van der Waals surface area contributed by atoms with Gasteiger partial charge in [-0.1, -0.05) is 44.2 Å². The lowest BCUT2D eigenvalue weighted by molar-refractivity contribution is -0.152. The first-order valence-corrected chi connectivity index (χ1v) is 7.60. The van der Waals surface area contributed by atoms with E-state index < -0.39 is 0 Å². The minimum absolute atomic E-state index is 0.147. The molecule has 0 unspecified atom stereocenters. The summed E-state index contributed by atoms with van der Waals surface area (Å²) in [6, 6.07) is 9.49. The summed E-state index contributed by atoms with van der Waals surface area (Å²) in [4.78, 5) is 23.3. The molecule has 0 spiro atoms. The molecule has 1 aromatic rings. The first-order valence-electron chi connectivity index (χ1n) is 7.60. The van der Waals surface area contributed by atoms with Gasteiger partial charge in [-0.05, 0) is 17.9 Å². The highest BCUT2D eigenvalue weighted by molar-refractivity contribution is 5.73. The van der Waals surface area contributed by atoms with Crippen LogP contribution < -0.4 is 5.73 Å². The Labute approximate surface area is 131 Å². The van der Waals surface area contributed by atoms with Gasteiger partial charge in [0.05, 0.1) is 12.5 Å². The van der Waals surface area contributed by atoms with Gasteiger partial charge in [-0.15, -0.1) is 0 Å². The Morgan fingerprint density at radius 3 is 2.41 bits per heavy atom. The number of ether oxygens (including phenoxy) is 2. The van der Waals surface area contributed by atoms with Crippen LogP contribution in [0.1, 0.15) is 32.3 Å². The van der Waals surface area contributed by atoms with Crippen LogP contribution in [0.15, 0.2) is 30.3 Å². The van der Waals surface area contributed by atoms with Crippen LogP contribution in [0.2, 0.25) is 0 Å². The molecule has 0 aliphatic heterocycles. The maximum Gasteiger partial charge on any atom is 0.310 e. The van der Waals surface area contributed by atoms with Crippen LogP contribution in [-0.2, 0) is 25.7 Å². The van der Waals surface area contributed by atoms with Gasteiger partial charge < -0.3 is 15.2 Å². The van der Waals surface area contributed by atoms with E-state index in [1.165, 1.54) is 0 Å². The summed E-state index contributed by atoms with van der Waals surface area (Å²) in [5.74, 6) is -0.729. The lowest BCUT2D eigenvalue weighted by atomic mass is 9.96. The van der Waals surface area contributed by atoms with Gasteiger partial charge in [-0.2, -0.15) is 0 Å². The Bertz CT molecular complexity index is 459. The zero-order chi connectivity index (χ0) is 16.4. The Balaban J connectivity index is 2.16. The van der Waals surface area contributed by atoms with E-state index in [0.29, 0.717) is 6.42 Å². The number of rotatable bonds is 9. The van der Waals surface area contributed by atoms with Gasteiger partial charge in [0.2, 0.25) is 0 Å². The van der Waals surface area contributed by atoms with E-state index in [1.54, 1.807) is 0 Å². The normalized spacial score (nSPS) is 12.0. The second-order valence-electron chi connectivity index (χ2n) is 5.50. The summed E-state index contributed by atoms with van der Waals surface area (Å²) in [5, 5.41) is 0. The summed E-state index contributed by atoms with van der Waals surface area (Å²) in [6.45, 7) is 4.61. The van der Waals surface area contributed by atoms with E-state index in [9.17, 15) is 9.59 Å². The van der Waals surface area contributed by atoms with Gasteiger partial charge in [0.15, 0.2) is 0 Å². The van der Waals surface area contributed by atoms with Gasteiger partial charge in [0.25, 0.3) is 0 Å². The number of hydrogen-bond acceptors (Lipinski definition) is 5. The number of carbonyl (C=O) groups is 2. The molecule has 22 heavy (non-hydrogen) atoms. The van der Waals surface area contributed by atoms with Crippen molar-refractivity contribution in [3.05, 3.63) is 35.9 Å². The number of carbonyl (C=O) groups excluding carboxylic acids is 2. The average Bonchev–Trinajstić information content (AvgIpc) is 2.51. The number of nitrogens with two attached hydrogens (primary N) is 1. The first-order chi connectivity index (χ1) is 10.5. The molecule has 1 atom stereocenters. The van der Waals surface area contributed by atoms with Crippen molar-refractivity contribution in [1.29, 1.82) is 0 Å². The van der Waals surface area contributed by atoms with Crippen molar-refractivity contribution in [2.75, 3.05) is 13.2 Å².